The molecule has 6 heteroatoms. The van der Waals surface area contributed by atoms with Crippen molar-refractivity contribution in [3.63, 3.8) is 0 Å². The Morgan fingerprint density at radius 2 is 2.50 bits per heavy atom. The predicted octanol–water partition coefficient (Wildman–Crippen LogP) is -0.0201. The van der Waals surface area contributed by atoms with Crippen molar-refractivity contribution in [2.24, 2.45) is 5.92 Å². The van der Waals surface area contributed by atoms with Crippen LogP contribution in [0.5, 0.6) is 0 Å². The Morgan fingerprint density at radius 3 is 3.06 bits per heavy atom. The molecule has 2 rings (SSSR count). The highest BCUT2D eigenvalue weighted by Gasteiger charge is 2.30. The molecule has 1 aromatic heterocycles. The molecule has 1 aliphatic heterocycles. The molecule has 3 atom stereocenters. The van der Waals surface area contributed by atoms with Crippen LogP contribution in [-0.2, 0) is 4.79 Å². The van der Waals surface area contributed by atoms with E-state index in [1.54, 1.807) is 0 Å². The molecule has 1 aromatic rings. The van der Waals surface area contributed by atoms with Crippen LogP contribution >= 0.6 is 0 Å². The van der Waals surface area contributed by atoms with Gasteiger partial charge in [0.15, 0.2) is 0 Å². The van der Waals surface area contributed by atoms with Gasteiger partial charge in [-0.05, 0) is 26.8 Å². The Morgan fingerprint density at radius 1 is 1.69 bits per heavy atom. The molecular formula is C10H17N5O. The highest BCUT2D eigenvalue weighted by molar-refractivity contribution is 5.80. The molecule has 3 N–H and O–H groups in total. The SMILES string of the molecule is CC(NC(=O)C1CCNC1C)c1ncn[nH]1. The maximum atomic E-state index is 11.9. The molecule has 0 aromatic carbocycles. The zero-order valence-corrected chi connectivity index (χ0v) is 9.53. The molecule has 1 fully saturated rings. The van der Waals surface area contributed by atoms with Crippen LogP contribution in [0.15, 0.2) is 6.33 Å². The molecule has 0 saturated carbocycles. The van der Waals surface area contributed by atoms with E-state index in [1.807, 2.05) is 13.8 Å². The largest absolute Gasteiger partial charge is 0.346 e. The van der Waals surface area contributed by atoms with Crippen LogP contribution in [0.3, 0.4) is 0 Å². The van der Waals surface area contributed by atoms with E-state index in [-0.39, 0.29) is 23.9 Å². The van der Waals surface area contributed by atoms with E-state index in [0.29, 0.717) is 5.82 Å². The summed E-state index contributed by atoms with van der Waals surface area (Å²) in [6, 6.07) is 0.129. The van der Waals surface area contributed by atoms with Crippen molar-refractivity contribution >= 4 is 5.91 Å². The number of amides is 1. The van der Waals surface area contributed by atoms with Gasteiger partial charge in [0.1, 0.15) is 12.2 Å². The Hall–Kier alpha value is -1.43. The third-order valence-electron chi connectivity index (χ3n) is 3.06. The predicted molar refractivity (Wildman–Crippen MR) is 58.5 cm³/mol. The van der Waals surface area contributed by atoms with Crippen molar-refractivity contribution < 1.29 is 4.79 Å². The second kappa shape index (κ2) is 4.61. The number of H-pyrrole nitrogens is 1. The maximum Gasteiger partial charge on any atom is 0.225 e. The lowest BCUT2D eigenvalue weighted by atomic mass is 10.0. The number of hydrogen-bond donors (Lipinski definition) is 3. The molecule has 3 unspecified atom stereocenters. The number of hydrogen-bond acceptors (Lipinski definition) is 4. The Labute approximate surface area is 94.2 Å². The number of aromatic amines is 1. The zero-order valence-electron chi connectivity index (χ0n) is 9.53. The Kier molecular flexibility index (Phi) is 3.19. The smallest absolute Gasteiger partial charge is 0.225 e. The van der Waals surface area contributed by atoms with E-state index in [4.69, 9.17) is 0 Å². The summed E-state index contributed by atoms with van der Waals surface area (Å²) in [5.41, 5.74) is 0. The summed E-state index contributed by atoms with van der Waals surface area (Å²) in [5.74, 6) is 0.832. The normalized spacial score (nSPS) is 26.6. The van der Waals surface area contributed by atoms with E-state index in [2.05, 4.69) is 25.8 Å². The highest BCUT2D eigenvalue weighted by Crippen LogP contribution is 2.16. The second-order valence-electron chi connectivity index (χ2n) is 4.24. The van der Waals surface area contributed by atoms with Crippen molar-refractivity contribution in [3.05, 3.63) is 12.2 Å². The first-order valence-corrected chi connectivity index (χ1v) is 5.57. The number of carbonyl (C=O) groups is 1. The van der Waals surface area contributed by atoms with Crippen LogP contribution in [0.25, 0.3) is 0 Å². The van der Waals surface area contributed by atoms with Crippen molar-refractivity contribution in [1.82, 2.24) is 25.8 Å². The van der Waals surface area contributed by atoms with Gasteiger partial charge in [-0.3, -0.25) is 9.89 Å². The van der Waals surface area contributed by atoms with Gasteiger partial charge in [-0.15, -0.1) is 0 Å². The first-order chi connectivity index (χ1) is 7.68. The molecule has 2 heterocycles. The monoisotopic (exact) mass is 223 g/mol. The summed E-state index contributed by atoms with van der Waals surface area (Å²) in [6.45, 7) is 4.85. The minimum atomic E-state index is -0.122. The van der Waals surface area contributed by atoms with Crippen molar-refractivity contribution in [3.8, 4) is 0 Å². The molecule has 16 heavy (non-hydrogen) atoms. The van der Waals surface area contributed by atoms with Gasteiger partial charge in [-0.1, -0.05) is 0 Å². The third kappa shape index (κ3) is 2.21. The number of aromatic nitrogens is 3. The van der Waals surface area contributed by atoms with Crippen molar-refractivity contribution in [1.29, 1.82) is 0 Å². The van der Waals surface area contributed by atoms with E-state index in [0.717, 1.165) is 13.0 Å². The average Bonchev–Trinajstić information content (AvgIpc) is 2.86. The molecule has 0 radical (unpaired) electrons. The van der Waals surface area contributed by atoms with E-state index >= 15 is 0 Å². The van der Waals surface area contributed by atoms with Crippen LogP contribution in [-0.4, -0.2) is 33.7 Å². The molecule has 0 bridgehead atoms. The molecule has 1 amide bonds. The highest BCUT2D eigenvalue weighted by atomic mass is 16.2. The molecule has 6 nitrogen and oxygen atoms in total. The first kappa shape index (κ1) is 11.1. The van der Waals surface area contributed by atoms with E-state index < -0.39 is 0 Å². The van der Waals surface area contributed by atoms with Gasteiger partial charge in [-0.25, -0.2) is 4.98 Å². The summed E-state index contributed by atoms with van der Waals surface area (Å²) in [7, 11) is 0. The third-order valence-corrected chi connectivity index (χ3v) is 3.06. The molecule has 1 aliphatic rings. The maximum absolute atomic E-state index is 11.9. The Bertz CT molecular complexity index is 350. The molecule has 0 aliphatic carbocycles. The number of carbonyl (C=O) groups excluding carboxylic acids is 1. The van der Waals surface area contributed by atoms with Crippen LogP contribution in [0.4, 0.5) is 0 Å². The average molecular weight is 223 g/mol. The van der Waals surface area contributed by atoms with Crippen molar-refractivity contribution in [2.75, 3.05) is 6.54 Å². The van der Waals surface area contributed by atoms with Gasteiger partial charge >= 0.3 is 0 Å². The minimum absolute atomic E-state index is 0.0605. The summed E-state index contributed by atoms with van der Waals surface area (Å²) in [6.07, 6.45) is 2.34. The minimum Gasteiger partial charge on any atom is -0.346 e. The van der Waals surface area contributed by atoms with Crippen LogP contribution in [0.2, 0.25) is 0 Å². The van der Waals surface area contributed by atoms with Crippen LogP contribution in [0.1, 0.15) is 32.1 Å². The standard InChI is InChI=1S/C10H17N5O/c1-6-8(3-4-11-6)10(16)14-7(2)9-12-5-13-15-9/h5-8,11H,3-4H2,1-2H3,(H,14,16)(H,12,13,15). The van der Waals surface area contributed by atoms with E-state index in [1.165, 1.54) is 6.33 Å². The second-order valence-corrected chi connectivity index (χ2v) is 4.24. The summed E-state index contributed by atoms with van der Waals surface area (Å²) >= 11 is 0. The summed E-state index contributed by atoms with van der Waals surface area (Å²) in [5, 5.41) is 12.7. The number of nitrogens with one attached hydrogen (secondary N) is 3. The van der Waals surface area contributed by atoms with Gasteiger partial charge in [0.2, 0.25) is 5.91 Å². The quantitative estimate of drug-likeness (QED) is 0.672. The zero-order chi connectivity index (χ0) is 11.5. The van der Waals surface area contributed by atoms with E-state index in [9.17, 15) is 4.79 Å². The lowest BCUT2D eigenvalue weighted by molar-refractivity contribution is -0.125. The van der Waals surface area contributed by atoms with Gasteiger partial charge in [0.05, 0.1) is 12.0 Å². The molecule has 88 valence electrons. The van der Waals surface area contributed by atoms with Crippen molar-refractivity contribution in [2.45, 2.75) is 32.4 Å². The van der Waals surface area contributed by atoms with Crippen LogP contribution in [0, 0.1) is 5.92 Å². The molecule has 1 saturated heterocycles. The fourth-order valence-corrected chi connectivity index (χ4v) is 2.03. The lowest BCUT2D eigenvalue weighted by Gasteiger charge is -2.17. The van der Waals surface area contributed by atoms with Crippen LogP contribution < -0.4 is 10.6 Å². The molecule has 0 spiro atoms. The lowest BCUT2D eigenvalue weighted by Crippen LogP contribution is -2.38. The summed E-state index contributed by atoms with van der Waals surface area (Å²) in [4.78, 5) is 16.0. The Balaban J connectivity index is 1.92. The fraction of sp³-hybridized carbons (Fsp3) is 0.700. The van der Waals surface area contributed by atoms with Gasteiger partial charge in [0.25, 0.3) is 0 Å². The number of rotatable bonds is 3. The first-order valence-electron chi connectivity index (χ1n) is 5.57. The number of nitrogens with zero attached hydrogens (tertiary/aromatic N) is 2. The van der Waals surface area contributed by atoms with Gasteiger partial charge < -0.3 is 10.6 Å². The van der Waals surface area contributed by atoms with Gasteiger partial charge in [0, 0.05) is 6.04 Å². The molecular weight excluding hydrogens is 206 g/mol. The van der Waals surface area contributed by atoms with Gasteiger partial charge in [-0.2, -0.15) is 5.10 Å². The summed E-state index contributed by atoms with van der Waals surface area (Å²) < 4.78 is 0. The fourth-order valence-electron chi connectivity index (χ4n) is 2.03. The topological polar surface area (TPSA) is 82.7 Å².